The van der Waals surface area contributed by atoms with Gasteiger partial charge in [-0.15, -0.1) is 11.3 Å². The lowest BCUT2D eigenvalue weighted by molar-refractivity contribution is 0.284. The van der Waals surface area contributed by atoms with Crippen molar-refractivity contribution in [3.63, 3.8) is 0 Å². The molecule has 0 saturated heterocycles. The molecule has 0 bridgehead atoms. The van der Waals surface area contributed by atoms with Crippen molar-refractivity contribution < 1.29 is 14.6 Å². The third kappa shape index (κ3) is 2.94. The van der Waals surface area contributed by atoms with Crippen molar-refractivity contribution in [3.8, 4) is 22.1 Å². The molecule has 0 aliphatic carbocycles. The molecular formula is C15H19NO3S. The number of thiazole rings is 1. The summed E-state index contributed by atoms with van der Waals surface area (Å²) < 4.78 is 10.5. The zero-order valence-corrected chi connectivity index (χ0v) is 12.8. The highest BCUT2D eigenvalue weighted by Crippen LogP contribution is 2.35. The van der Waals surface area contributed by atoms with E-state index in [2.05, 4.69) is 11.9 Å². The maximum absolute atomic E-state index is 9.41. The minimum absolute atomic E-state index is 0.0420. The first-order chi connectivity index (χ1) is 9.73. The van der Waals surface area contributed by atoms with Gasteiger partial charge in [0.2, 0.25) is 0 Å². The molecular weight excluding hydrogens is 274 g/mol. The smallest absolute Gasteiger partial charge is 0.161 e. The Bertz CT molecular complexity index is 580. The number of ether oxygens (including phenoxy) is 2. The third-order valence-electron chi connectivity index (χ3n) is 3.04. The fraction of sp³-hybridized carbons (Fsp3) is 0.400. The van der Waals surface area contributed by atoms with Gasteiger partial charge in [-0.2, -0.15) is 0 Å². The zero-order chi connectivity index (χ0) is 14.5. The second-order valence-corrected chi connectivity index (χ2v) is 5.45. The molecule has 4 nitrogen and oxygen atoms in total. The van der Waals surface area contributed by atoms with E-state index in [1.807, 2.05) is 18.2 Å². The maximum atomic E-state index is 9.41. The Morgan fingerprint density at radius 3 is 2.55 bits per heavy atom. The molecule has 5 heteroatoms. The molecule has 1 aromatic carbocycles. The van der Waals surface area contributed by atoms with Crippen LogP contribution in [0, 0.1) is 0 Å². The highest BCUT2D eigenvalue weighted by molar-refractivity contribution is 7.15. The second-order valence-electron chi connectivity index (χ2n) is 4.37. The maximum Gasteiger partial charge on any atom is 0.161 e. The van der Waals surface area contributed by atoms with Crippen LogP contribution in [0.4, 0.5) is 0 Å². The molecule has 1 aromatic heterocycles. The van der Waals surface area contributed by atoms with E-state index >= 15 is 0 Å². The molecule has 1 heterocycles. The molecule has 0 aliphatic heterocycles. The Morgan fingerprint density at radius 1 is 1.20 bits per heavy atom. The van der Waals surface area contributed by atoms with Crippen LogP contribution < -0.4 is 9.47 Å². The Kier molecular flexibility index (Phi) is 4.98. The summed E-state index contributed by atoms with van der Waals surface area (Å²) in [4.78, 5) is 5.58. The number of rotatable bonds is 6. The second kappa shape index (κ2) is 6.72. The number of hydrogen-bond donors (Lipinski definition) is 1. The van der Waals surface area contributed by atoms with Gasteiger partial charge in [-0.1, -0.05) is 13.3 Å². The van der Waals surface area contributed by atoms with E-state index in [0.717, 1.165) is 34.0 Å². The molecule has 0 spiro atoms. The largest absolute Gasteiger partial charge is 0.493 e. The van der Waals surface area contributed by atoms with Crippen LogP contribution in [0.25, 0.3) is 10.6 Å². The van der Waals surface area contributed by atoms with Gasteiger partial charge in [0.25, 0.3) is 0 Å². The topological polar surface area (TPSA) is 51.6 Å². The van der Waals surface area contributed by atoms with Gasteiger partial charge in [0.15, 0.2) is 11.5 Å². The minimum atomic E-state index is 0.0420. The summed E-state index contributed by atoms with van der Waals surface area (Å²) in [5, 5.41) is 10.3. The number of aliphatic hydroxyl groups excluding tert-OH is 1. The van der Waals surface area contributed by atoms with Crippen molar-refractivity contribution in [3.05, 3.63) is 28.8 Å². The molecule has 0 aliphatic rings. The average molecular weight is 293 g/mol. The molecule has 0 unspecified atom stereocenters. The van der Waals surface area contributed by atoms with E-state index in [1.165, 1.54) is 11.3 Å². The number of nitrogens with zero attached hydrogens (tertiary/aromatic N) is 1. The highest BCUT2D eigenvalue weighted by atomic mass is 32.1. The van der Waals surface area contributed by atoms with Crippen LogP contribution in [0.1, 0.15) is 23.9 Å². The van der Waals surface area contributed by atoms with Crippen molar-refractivity contribution >= 4 is 11.3 Å². The van der Waals surface area contributed by atoms with Crippen LogP contribution >= 0.6 is 11.3 Å². The van der Waals surface area contributed by atoms with E-state index < -0.39 is 0 Å². The summed E-state index contributed by atoms with van der Waals surface area (Å²) in [6.07, 6.45) is 1.90. The Balaban J connectivity index is 2.40. The molecule has 2 rings (SSSR count). The molecule has 0 saturated carbocycles. The van der Waals surface area contributed by atoms with Crippen molar-refractivity contribution in [2.24, 2.45) is 0 Å². The Hall–Kier alpha value is -1.59. The number of methoxy groups -OCH3 is 2. The number of hydrogen-bond acceptors (Lipinski definition) is 5. The summed E-state index contributed by atoms with van der Waals surface area (Å²) in [5.74, 6) is 1.38. The van der Waals surface area contributed by atoms with Crippen LogP contribution in [0.15, 0.2) is 18.2 Å². The van der Waals surface area contributed by atoms with E-state index in [0.29, 0.717) is 11.5 Å². The lowest BCUT2D eigenvalue weighted by atomic mass is 10.2. The van der Waals surface area contributed by atoms with Crippen molar-refractivity contribution in [2.45, 2.75) is 26.4 Å². The van der Waals surface area contributed by atoms with E-state index in [4.69, 9.17) is 9.47 Å². The van der Waals surface area contributed by atoms with Crippen LogP contribution in [0.5, 0.6) is 11.5 Å². The Morgan fingerprint density at radius 2 is 1.95 bits per heavy atom. The quantitative estimate of drug-likeness (QED) is 0.888. The summed E-state index contributed by atoms with van der Waals surface area (Å²) in [7, 11) is 3.23. The fourth-order valence-corrected chi connectivity index (χ4v) is 3.00. The summed E-state index contributed by atoms with van der Waals surface area (Å²) in [6.45, 7) is 2.15. The molecule has 20 heavy (non-hydrogen) atoms. The molecule has 1 N–H and O–H groups in total. The standard InChI is InChI=1S/C15H19NO3S/c1-4-5-11-14(9-17)20-15(16-11)10-6-7-12(18-2)13(8-10)19-3/h6-8,17H,4-5,9H2,1-3H3. The molecule has 0 atom stereocenters. The van der Waals surface area contributed by atoms with Crippen LogP contribution in [0.3, 0.4) is 0 Å². The van der Waals surface area contributed by atoms with Crippen molar-refractivity contribution in [1.29, 1.82) is 0 Å². The normalized spacial score (nSPS) is 10.6. The zero-order valence-electron chi connectivity index (χ0n) is 12.0. The van der Waals surface area contributed by atoms with E-state index in [9.17, 15) is 5.11 Å². The first-order valence-corrected chi connectivity index (χ1v) is 7.37. The summed E-state index contributed by atoms with van der Waals surface area (Å²) in [5.41, 5.74) is 1.97. The van der Waals surface area contributed by atoms with Crippen LogP contribution in [0.2, 0.25) is 0 Å². The van der Waals surface area contributed by atoms with Gasteiger partial charge in [-0.05, 0) is 24.6 Å². The predicted octanol–water partition coefficient (Wildman–Crippen LogP) is 3.27. The summed E-state index contributed by atoms with van der Waals surface area (Å²) in [6, 6.07) is 5.74. The van der Waals surface area contributed by atoms with Crippen LogP contribution in [-0.4, -0.2) is 24.3 Å². The lowest BCUT2D eigenvalue weighted by Crippen LogP contribution is -1.91. The first kappa shape index (κ1) is 14.8. The van der Waals surface area contributed by atoms with Gasteiger partial charge in [0.1, 0.15) is 5.01 Å². The third-order valence-corrected chi connectivity index (χ3v) is 4.17. The molecule has 0 fully saturated rings. The fourth-order valence-electron chi connectivity index (χ4n) is 2.03. The molecule has 0 radical (unpaired) electrons. The van der Waals surface area contributed by atoms with Gasteiger partial charge < -0.3 is 14.6 Å². The van der Waals surface area contributed by atoms with Crippen molar-refractivity contribution in [2.75, 3.05) is 14.2 Å². The number of aliphatic hydroxyl groups is 1. The van der Waals surface area contributed by atoms with Gasteiger partial charge >= 0.3 is 0 Å². The number of aromatic nitrogens is 1. The first-order valence-electron chi connectivity index (χ1n) is 6.55. The monoisotopic (exact) mass is 293 g/mol. The molecule has 2 aromatic rings. The van der Waals surface area contributed by atoms with Crippen LogP contribution in [-0.2, 0) is 13.0 Å². The number of benzene rings is 1. The molecule has 108 valence electrons. The van der Waals surface area contributed by atoms with Crippen molar-refractivity contribution in [1.82, 2.24) is 4.98 Å². The summed E-state index contributed by atoms with van der Waals surface area (Å²) >= 11 is 1.53. The average Bonchev–Trinajstić information content (AvgIpc) is 2.90. The predicted molar refractivity (Wildman–Crippen MR) is 80.6 cm³/mol. The van der Waals surface area contributed by atoms with Gasteiger partial charge in [-0.25, -0.2) is 4.98 Å². The Labute approximate surface area is 123 Å². The van der Waals surface area contributed by atoms with Gasteiger partial charge in [-0.3, -0.25) is 0 Å². The number of aryl methyl sites for hydroxylation is 1. The van der Waals surface area contributed by atoms with E-state index in [-0.39, 0.29) is 6.61 Å². The van der Waals surface area contributed by atoms with E-state index in [1.54, 1.807) is 14.2 Å². The van der Waals surface area contributed by atoms with Gasteiger partial charge in [0, 0.05) is 5.56 Å². The van der Waals surface area contributed by atoms with Gasteiger partial charge in [0.05, 0.1) is 31.4 Å². The minimum Gasteiger partial charge on any atom is -0.493 e. The molecule has 0 amide bonds. The SMILES string of the molecule is CCCc1nc(-c2ccc(OC)c(OC)c2)sc1CO. The highest BCUT2D eigenvalue weighted by Gasteiger charge is 2.13. The lowest BCUT2D eigenvalue weighted by Gasteiger charge is -2.08.